The van der Waals surface area contributed by atoms with Gasteiger partial charge in [-0.25, -0.2) is 14.4 Å². The van der Waals surface area contributed by atoms with Crippen LogP contribution >= 0.6 is 0 Å². The lowest BCUT2D eigenvalue weighted by atomic mass is 9.80. The first-order chi connectivity index (χ1) is 13.6. The van der Waals surface area contributed by atoms with Crippen molar-refractivity contribution in [1.82, 2.24) is 20.2 Å². The van der Waals surface area contributed by atoms with Crippen LogP contribution in [0.15, 0.2) is 30.5 Å². The molecule has 0 amide bonds. The molecule has 0 aromatic carbocycles. The van der Waals surface area contributed by atoms with Crippen LogP contribution in [0.25, 0.3) is 22.4 Å². The fourth-order valence-corrected chi connectivity index (χ4v) is 4.29. The number of piperidine rings is 1. The van der Waals surface area contributed by atoms with Crippen molar-refractivity contribution in [3.63, 3.8) is 0 Å². The van der Waals surface area contributed by atoms with Gasteiger partial charge >= 0.3 is 0 Å². The zero-order chi connectivity index (χ0) is 19.7. The number of hydrogen-bond acceptors (Lipinski definition) is 5. The highest BCUT2D eigenvalue weighted by atomic mass is 19.1. The van der Waals surface area contributed by atoms with Crippen molar-refractivity contribution in [3.05, 3.63) is 36.3 Å². The zero-order valence-corrected chi connectivity index (χ0v) is 16.4. The van der Waals surface area contributed by atoms with Crippen LogP contribution in [0.2, 0.25) is 0 Å². The van der Waals surface area contributed by atoms with E-state index in [1.165, 1.54) is 6.07 Å². The maximum absolute atomic E-state index is 14.6. The van der Waals surface area contributed by atoms with E-state index in [0.29, 0.717) is 29.1 Å². The van der Waals surface area contributed by atoms with Crippen LogP contribution < -0.4 is 10.6 Å². The predicted molar refractivity (Wildman–Crippen MR) is 114 cm³/mol. The Kier molecular flexibility index (Phi) is 5.26. The number of rotatable bonds is 5. The number of anilines is 1. The summed E-state index contributed by atoms with van der Waals surface area (Å²) in [7, 11) is 0. The Hall–Kier alpha value is -2.54. The Morgan fingerprint density at radius 3 is 2.96 bits per heavy atom. The fraction of sp³-hybridized carbons (Fsp3) is 0.476. The van der Waals surface area contributed by atoms with Crippen molar-refractivity contribution < 1.29 is 7.24 Å². The average Bonchev–Trinajstić information content (AvgIpc) is 3.12. The molecule has 1 aliphatic rings. The molecule has 3 N–H and O–H groups in total. The van der Waals surface area contributed by atoms with E-state index < -0.39 is 0 Å². The monoisotopic (exact) mass is 386 g/mol. The molecule has 0 aliphatic carbocycles. The van der Waals surface area contributed by atoms with Gasteiger partial charge in [0.2, 0.25) is 0 Å². The summed E-state index contributed by atoms with van der Waals surface area (Å²) in [5.41, 5.74) is 7.43. The number of fused-ring (bicyclic) bond motifs is 1. The van der Waals surface area contributed by atoms with Gasteiger partial charge in [0.05, 0.1) is 5.69 Å². The summed E-state index contributed by atoms with van der Waals surface area (Å²) in [5, 5.41) is 7.84. The molecule has 3 aromatic heterocycles. The Morgan fingerprint density at radius 2 is 2.18 bits per heavy atom. The second-order valence-electron chi connectivity index (χ2n) is 8.09. The molecular weight excluding hydrogens is 355 g/mol. The van der Waals surface area contributed by atoms with Gasteiger partial charge in [0.25, 0.3) is 0 Å². The quantitative estimate of drug-likeness (QED) is 0.690. The minimum absolute atomic E-state index is 0. The molecule has 28 heavy (non-hydrogen) atoms. The Bertz CT molecular complexity index is 964. The van der Waals surface area contributed by atoms with E-state index in [9.17, 15) is 4.39 Å². The van der Waals surface area contributed by atoms with Crippen LogP contribution in [0, 0.1) is 23.6 Å². The number of aromatic nitrogens is 4. The van der Waals surface area contributed by atoms with Crippen LogP contribution in [0.5, 0.6) is 0 Å². The van der Waals surface area contributed by atoms with Crippen LogP contribution in [0.3, 0.4) is 0 Å². The third-order valence-electron chi connectivity index (χ3n) is 5.69. The third kappa shape index (κ3) is 3.58. The van der Waals surface area contributed by atoms with Crippen molar-refractivity contribution in [3.8, 4) is 11.4 Å². The van der Waals surface area contributed by atoms with E-state index >= 15 is 0 Å². The molecule has 1 saturated heterocycles. The van der Waals surface area contributed by atoms with Crippen LogP contribution in [0.1, 0.15) is 29.5 Å². The maximum Gasteiger partial charge on any atom is 0.181 e. The molecule has 7 heteroatoms. The van der Waals surface area contributed by atoms with Crippen molar-refractivity contribution in [1.29, 1.82) is 0 Å². The van der Waals surface area contributed by atoms with E-state index in [-0.39, 0.29) is 14.4 Å². The smallest absolute Gasteiger partial charge is 0.181 e. The fourth-order valence-electron chi connectivity index (χ4n) is 4.29. The number of pyridine rings is 2. The van der Waals surface area contributed by atoms with Crippen molar-refractivity contribution in [2.24, 2.45) is 23.5 Å². The largest absolute Gasteiger partial charge is 0.356 e. The van der Waals surface area contributed by atoms with Gasteiger partial charge in [-0.1, -0.05) is 13.8 Å². The lowest BCUT2D eigenvalue weighted by Gasteiger charge is -2.39. The van der Waals surface area contributed by atoms with Gasteiger partial charge in [0.1, 0.15) is 11.5 Å². The molecule has 3 aromatic rings. The summed E-state index contributed by atoms with van der Waals surface area (Å²) >= 11 is 0. The molecule has 0 radical (unpaired) electrons. The second kappa shape index (κ2) is 7.83. The van der Waals surface area contributed by atoms with E-state index in [2.05, 4.69) is 38.9 Å². The van der Waals surface area contributed by atoms with Gasteiger partial charge in [0, 0.05) is 27.5 Å². The summed E-state index contributed by atoms with van der Waals surface area (Å²) in [6.45, 7) is 7.01. The molecule has 0 spiro atoms. The van der Waals surface area contributed by atoms with E-state index in [1.54, 1.807) is 12.3 Å². The lowest BCUT2D eigenvalue weighted by Crippen LogP contribution is -2.43. The first kappa shape index (κ1) is 18.8. The van der Waals surface area contributed by atoms with Gasteiger partial charge in [-0.15, -0.1) is 0 Å². The van der Waals surface area contributed by atoms with Gasteiger partial charge < -0.3 is 10.6 Å². The topological polar surface area (TPSA) is 83.7 Å². The van der Waals surface area contributed by atoms with Gasteiger partial charge in [-0.05, 0) is 61.4 Å². The molecule has 152 valence electrons. The summed E-state index contributed by atoms with van der Waals surface area (Å²) in [4.78, 5) is 11.1. The maximum atomic E-state index is 14.6. The van der Waals surface area contributed by atoms with Crippen LogP contribution in [0.4, 0.5) is 10.2 Å². The summed E-state index contributed by atoms with van der Waals surface area (Å²) in [6.07, 6.45) is 3.85. The van der Waals surface area contributed by atoms with E-state index in [0.717, 1.165) is 43.7 Å². The average molecular weight is 387 g/mol. The molecular formula is C21H31FN6. The molecule has 1 fully saturated rings. The van der Waals surface area contributed by atoms with Gasteiger partial charge in [-0.3, -0.25) is 5.10 Å². The van der Waals surface area contributed by atoms with E-state index in [1.807, 2.05) is 12.1 Å². The Morgan fingerprint density at radius 1 is 1.32 bits per heavy atom. The molecule has 0 bridgehead atoms. The highest BCUT2D eigenvalue weighted by Gasteiger charge is 2.30. The van der Waals surface area contributed by atoms with Gasteiger partial charge in [0.15, 0.2) is 11.5 Å². The summed E-state index contributed by atoms with van der Waals surface area (Å²) < 4.78 is 14.6. The molecule has 2 unspecified atom stereocenters. The molecule has 4 rings (SSSR count). The van der Waals surface area contributed by atoms with Crippen molar-refractivity contribution >= 4 is 16.9 Å². The zero-order valence-electron chi connectivity index (χ0n) is 16.4. The van der Waals surface area contributed by atoms with Crippen LogP contribution in [-0.2, 0) is 0 Å². The van der Waals surface area contributed by atoms with Crippen molar-refractivity contribution in [2.45, 2.75) is 26.7 Å². The highest BCUT2D eigenvalue weighted by Crippen LogP contribution is 2.32. The second-order valence-corrected chi connectivity index (χ2v) is 8.09. The number of nitrogens with two attached hydrogens (primary N) is 1. The van der Waals surface area contributed by atoms with Crippen molar-refractivity contribution in [2.75, 3.05) is 24.5 Å². The minimum Gasteiger partial charge on any atom is -0.356 e. The normalized spacial score (nSPS) is 20.2. The van der Waals surface area contributed by atoms with Crippen LogP contribution in [-0.4, -0.2) is 39.8 Å². The number of hydrogen-bond donors (Lipinski definition) is 2. The predicted octanol–water partition coefficient (Wildman–Crippen LogP) is 4.10. The summed E-state index contributed by atoms with van der Waals surface area (Å²) in [6, 6.07) is 6.95. The standard InChI is InChI=1S/C21H27FN6.2H2/c1-13(2)10-15-12-28(9-7-14(15)11-23)18-6-5-17(22)20(25-18)19-16-4-3-8-24-21(16)27-26-19;;/h3-6,8,13-15H,7,9-12,23H2,1-2H3,(H,24,26,27);2*1H. The minimum atomic E-state index is -0.367. The molecule has 0 saturated carbocycles. The Labute approximate surface area is 167 Å². The molecule has 4 heterocycles. The first-order valence-electron chi connectivity index (χ1n) is 9.97. The number of halogens is 1. The van der Waals surface area contributed by atoms with E-state index in [4.69, 9.17) is 5.73 Å². The highest BCUT2D eigenvalue weighted by molar-refractivity contribution is 5.89. The third-order valence-corrected chi connectivity index (χ3v) is 5.69. The summed E-state index contributed by atoms with van der Waals surface area (Å²) in [5.74, 6) is 2.13. The molecule has 2 atom stereocenters. The number of H-pyrrole nitrogens is 1. The number of nitrogens with one attached hydrogen (secondary N) is 1. The molecule has 1 aliphatic heterocycles. The SMILES string of the molecule is CC(C)CC1CN(c2ccc(F)c(-c3[nH]nc4ncccc34)n2)CCC1CN.[HH].[HH]. The number of aromatic amines is 1. The van der Waals surface area contributed by atoms with Gasteiger partial charge in [-0.2, -0.15) is 5.10 Å². The Balaban J connectivity index is 0.00000160. The number of nitrogens with zero attached hydrogens (tertiary/aromatic N) is 4. The molecule has 6 nitrogen and oxygen atoms in total. The lowest BCUT2D eigenvalue weighted by molar-refractivity contribution is 0.245. The first-order valence-corrected chi connectivity index (χ1v) is 9.97.